The first-order chi connectivity index (χ1) is 8.74. The van der Waals surface area contributed by atoms with Crippen LogP contribution in [0.2, 0.25) is 0 Å². The van der Waals surface area contributed by atoms with Crippen LogP contribution in [0.3, 0.4) is 0 Å². The fourth-order valence-electron chi connectivity index (χ4n) is 1.21. The quantitative estimate of drug-likeness (QED) is 0.542. The smallest absolute Gasteiger partial charge is 0.338 e. The van der Waals surface area contributed by atoms with Gasteiger partial charge in [-0.3, -0.25) is 4.79 Å². The fourth-order valence-corrected chi connectivity index (χ4v) is 1.21. The summed E-state index contributed by atoms with van der Waals surface area (Å²) in [5.74, 6) is -0.705. The molecule has 1 rings (SSSR count). The van der Waals surface area contributed by atoms with E-state index in [1.54, 1.807) is 24.3 Å². The number of hydrogen-bond acceptors (Lipinski definition) is 5. The molecule has 5 nitrogen and oxygen atoms in total. The van der Waals surface area contributed by atoms with Crippen molar-refractivity contribution in [3.8, 4) is 0 Å². The van der Waals surface area contributed by atoms with Crippen LogP contribution in [-0.2, 0) is 19.0 Å². The lowest BCUT2D eigenvalue weighted by Gasteiger charge is -2.05. The molecule has 18 heavy (non-hydrogen) atoms. The largest absolute Gasteiger partial charge is 0.469 e. The Hall–Kier alpha value is -1.88. The average molecular weight is 252 g/mol. The summed E-state index contributed by atoms with van der Waals surface area (Å²) in [5, 5.41) is 0. The summed E-state index contributed by atoms with van der Waals surface area (Å²) < 4.78 is 14.5. The van der Waals surface area contributed by atoms with Gasteiger partial charge in [-0.15, -0.1) is 0 Å². The van der Waals surface area contributed by atoms with Crippen molar-refractivity contribution in [3.63, 3.8) is 0 Å². The Kier molecular flexibility index (Phi) is 6.50. The van der Waals surface area contributed by atoms with Gasteiger partial charge in [0.25, 0.3) is 0 Å². The van der Waals surface area contributed by atoms with E-state index < -0.39 is 0 Å². The highest BCUT2D eigenvalue weighted by atomic mass is 16.6. The standard InChI is InChI=1S/C13H16O5/c1-16-12(14)7-8-17-9-10-18-13(15)11-5-3-2-4-6-11/h2-6H,7-10H2,1H3. The number of hydrogen-bond donors (Lipinski definition) is 0. The molecule has 0 bridgehead atoms. The van der Waals surface area contributed by atoms with Crippen LogP contribution in [0.4, 0.5) is 0 Å². The molecule has 1 aromatic carbocycles. The minimum Gasteiger partial charge on any atom is -0.469 e. The Morgan fingerprint density at radius 1 is 1.06 bits per heavy atom. The van der Waals surface area contributed by atoms with Gasteiger partial charge in [0.05, 0.1) is 32.3 Å². The maximum atomic E-state index is 11.5. The molecule has 0 aliphatic carbocycles. The molecule has 98 valence electrons. The van der Waals surface area contributed by atoms with Gasteiger partial charge < -0.3 is 14.2 Å². The minimum atomic E-state index is -0.382. The Labute approximate surface area is 106 Å². The zero-order valence-electron chi connectivity index (χ0n) is 10.3. The van der Waals surface area contributed by atoms with Crippen molar-refractivity contribution in [2.24, 2.45) is 0 Å². The second-order valence-corrected chi connectivity index (χ2v) is 3.44. The van der Waals surface area contributed by atoms with Gasteiger partial charge in [-0.2, -0.15) is 0 Å². The van der Waals surface area contributed by atoms with Gasteiger partial charge in [-0.25, -0.2) is 4.79 Å². The van der Waals surface area contributed by atoms with Crippen molar-refractivity contribution in [1.82, 2.24) is 0 Å². The Morgan fingerprint density at radius 2 is 1.78 bits per heavy atom. The zero-order valence-corrected chi connectivity index (χ0v) is 10.3. The predicted molar refractivity (Wildman–Crippen MR) is 64.2 cm³/mol. The van der Waals surface area contributed by atoms with E-state index in [1.165, 1.54) is 7.11 Å². The Bertz CT molecular complexity index is 374. The summed E-state index contributed by atoms with van der Waals surface area (Å²) in [5.41, 5.74) is 0.507. The van der Waals surface area contributed by atoms with Crippen molar-refractivity contribution in [2.75, 3.05) is 26.9 Å². The van der Waals surface area contributed by atoms with Crippen molar-refractivity contribution in [2.45, 2.75) is 6.42 Å². The van der Waals surface area contributed by atoms with Gasteiger partial charge >= 0.3 is 11.9 Å². The number of benzene rings is 1. The zero-order chi connectivity index (χ0) is 13.2. The van der Waals surface area contributed by atoms with Crippen LogP contribution in [0.15, 0.2) is 30.3 Å². The number of esters is 2. The van der Waals surface area contributed by atoms with E-state index >= 15 is 0 Å². The fraction of sp³-hybridized carbons (Fsp3) is 0.385. The second-order valence-electron chi connectivity index (χ2n) is 3.44. The molecule has 0 amide bonds. The molecule has 5 heteroatoms. The van der Waals surface area contributed by atoms with Crippen LogP contribution in [0.25, 0.3) is 0 Å². The summed E-state index contributed by atoms with van der Waals surface area (Å²) in [7, 11) is 1.32. The molecule has 0 aliphatic heterocycles. The summed E-state index contributed by atoms with van der Waals surface area (Å²) in [6.07, 6.45) is 0.198. The molecule has 0 spiro atoms. The number of rotatable bonds is 7. The molecule has 0 aliphatic rings. The first kappa shape index (κ1) is 14.2. The number of methoxy groups -OCH3 is 1. The monoisotopic (exact) mass is 252 g/mol. The molecule has 0 N–H and O–H groups in total. The van der Waals surface area contributed by atoms with Gasteiger partial charge in [0, 0.05) is 0 Å². The number of ether oxygens (including phenoxy) is 3. The Morgan fingerprint density at radius 3 is 2.44 bits per heavy atom. The summed E-state index contributed by atoms with van der Waals surface area (Å²) in [6, 6.07) is 8.72. The minimum absolute atomic E-state index is 0.162. The van der Waals surface area contributed by atoms with Crippen molar-refractivity contribution in [3.05, 3.63) is 35.9 Å². The number of carbonyl (C=O) groups is 2. The number of carbonyl (C=O) groups excluding carboxylic acids is 2. The van der Waals surface area contributed by atoms with Crippen LogP contribution in [0, 0.1) is 0 Å². The first-order valence-corrected chi connectivity index (χ1v) is 5.61. The van der Waals surface area contributed by atoms with E-state index in [1.807, 2.05) is 6.07 Å². The van der Waals surface area contributed by atoms with Crippen LogP contribution in [0.5, 0.6) is 0 Å². The van der Waals surface area contributed by atoms with Crippen molar-refractivity contribution >= 4 is 11.9 Å². The average Bonchev–Trinajstić information content (AvgIpc) is 2.43. The van der Waals surface area contributed by atoms with Crippen LogP contribution >= 0.6 is 0 Å². The molecule has 1 aromatic rings. The lowest BCUT2D eigenvalue weighted by molar-refractivity contribution is -0.141. The van der Waals surface area contributed by atoms with Gasteiger partial charge in [-0.1, -0.05) is 18.2 Å². The lowest BCUT2D eigenvalue weighted by Crippen LogP contribution is -2.12. The van der Waals surface area contributed by atoms with E-state index in [0.717, 1.165) is 0 Å². The molecule has 0 fully saturated rings. The van der Waals surface area contributed by atoms with Gasteiger partial charge in [0.1, 0.15) is 6.61 Å². The van der Waals surface area contributed by atoms with Gasteiger partial charge in [-0.05, 0) is 12.1 Å². The van der Waals surface area contributed by atoms with E-state index in [0.29, 0.717) is 5.56 Å². The topological polar surface area (TPSA) is 61.8 Å². The summed E-state index contributed by atoms with van der Waals surface area (Å²) >= 11 is 0. The lowest BCUT2D eigenvalue weighted by atomic mass is 10.2. The van der Waals surface area contributed by atoms with E-state index in [4.69, 9.17) is 9.47 Å². The molecule has 0 atom stereocenters. The predicted octanol–water partition coefficient (Wildman–Crippen LogP) is 1.42. The van der Waals surface area contributed by atoms with Gasteiger partial charge in [0.15, 0.2) is 0 Å². The Balaban J connectivity index is 2.08. The second kappa shape index (κ2) is 8.25. The van der Waals surface area contributed by atoms with Crippen molar-refractivity contribution < 1.29 is 23.8 Å². The molecular weight excluding hydrogens is 236 g/mol. The van der Waals surface area contributed by atoms with E-state index in [9.17, 15) is 9.59 Å². The first-order valence-electron chi connectivity index (χ1n) is 5.61. The van der Waals surface area contributed by atoms with E-state index in [-0.39, 0.29) is 38.2 Å². The molecule has 0 unspecified atom stereocenters. The molecular formula is C13H16O5. The molecule has 0 radical (unpaired) electrons. The van der Waals surface area contributed by atoms with Crippen LogP contribution < -0.4 is 0 Å². The maximum Gasteiger partial charge on any atom is 0.338 e. The summed E-state index contributed by atoms with van der Waals surface area (Å²) in [4.78, 5) is 22.2. The molecule has 0 heterocycles. The molecule has 0 aromatic heterocycles. The van der Waals surface area contributed by atoms with Crippen molar-refractivity contribution in [1.29, 1.82) is 0 Å². The van der Waals surface area contributed by atoms with Gasteiger partial charge in [0.2, 0.25) is 0 Å². The highest BCUT2D eigenvalue weighted by Crippen LogP contribution is 2.00. The summed E-state index contributed by atoms with van der Waals surface area (Å²) in [6.45, 7) is 0.681. The molecule has 0 saturated carbocycles. The highest BCUT2D eigenvalue weighted by Gasteiger charge is 2.05. The third-order valence-corrected chi connectivity index (χ3v) is 2.15. The van der Waals surface area contributed by atoms with E-state index in [2.05, 4.69) is 4.74 Å². The SMILES string of the molecule is COC(=O)CCOCCOC(=O)c1ccccc1. The maximum absolute atomic E-state index is 11.5. The third-order valence-electron chi connectivity index (χ3n) is 2.15. The molecule has 0 saturated heterocycles. The van der Waals surface area contributed by atoms with Crippen LogP contribution in [-0.4, -0.2) is 38.9 Å². The van der Waals surface area contributed by atoms with Crippen LogP contribution in [0.1, 0.15) is 16.8 Å². The normalized spacial score (nSPS) is 9.83. The third kappa shape index (κ3) is 5.45. The highest BCUT2D eigenvalue weighted by molar-refractivity contribution is 5.89.